The lowest BCUT2D eigenvalue weighted by molar-refractivity contribution is -0.123. The Morgan fingerprint density at radius 1 is 0.931 bits per heavy atom. The van der Waals surface area contributed by atoms with Gasteiger partial charge in [0.05, 0.1) is 17.5 Å². The highest BCUT2D eigenvalue weighted by atomic mass is 16.5. The summed E-state index contributed by atoms with van der Waals surface area (Å²) >= 11 is 0. The standard InChI is InChI=1S/C24H23NO4/c1-14(22(26)15-5-3-2-4-6-15)29-19-11-9-18(10-12-19)25-23(27)20-16-7-8-17(13-16)21(20)24(25)28/h2-6,9-12,14,16-17,20-21H,7-8,13H2,1H3/t14-,16-,17-,20+,21+/m0/s1. The van der Waals surface area contributed by atoms with Gasteiger partial charge < -0.3 is 4.74 Å². The molecule has 1 heterocycles. The molecule has 1 aliphatic heterocycles. The lowest BCUT2D eigenvalue weighted by Gasteiger charge is -2.19. The van der Waals surface area contributed by atoms with Gasteiger partial charge in [-0.05, 0) is 62.3 Å². The Bertz CT molecular complexity index is 940. The summed E-state index contributed by atoms with van der Waals surface area (Å²) in [5, 5.41) is 0. The minimum Gasteiger partial charge on any atom is -0.483 e. The molecule has 2 amide bonds. The number of Topliss-reactive ketones (excluding diaryl/α,β-unsaturated/α-hetero) is 1. The molecule has 2 aromatic rings. The molecule has 2 bridgehead atoms. The van der Waals surface area contributed by atoms with Crippen LogP contribution in [0.4, 0.5) is 5.69 Å². The number of hydrogen-bond acceptors (Lipinski definition) is 4. The number of benzene rings is 2. The average molecular weight is 389 g/mol. The third kappa shape index (κ3) is 2.87. The van der Waals surface area contributed by atoms with Gasteiger partial charge >= 0.3 is 0 Å². The normalized spacial score (nSPS) is 28.5. The van der Waals surface area contributed by atoms with E-state index in [4.69, 9.17) is 4.74 Å². The molecule has 3 aliphatic rings. The quantitative estimate of drug-likeness (QED) is 0.575. The fourth-order valence-corrected chi connectivity index (χ4v) is 5.43. The van der Waals surface area contributed by atoms with Crippen molar-refractivity contribution in [3.8, 4) is 5.75 Å². The van der Waals surface area contributed by atoms with Crippen molar-refractivity contribution in [2.75, 3.05) is 4.90 Å². The fourth-order valence-electron chi connectivity index (χ4n) is 5.43. The van der Waals surface area contributed by atoms with Gasteiger partial charge in [0, 0.05) is 5.56 Å². The van der Waals surface area contributed by atoms with Crippen molar-refractivity contribution in [2.24, 2.45) is 23.7 Å². The van der Waals surface area contributed by atoms with E-state index in [-0.39, 0.29) is 29.4 Å². The van der Waals surface area contributed by atoms with Crippen LogP contribution in [0.15, 0.2) is 54.6 Å². The Balaban J connectivity index is 1.30. The predicted octanol–water partition coefficient (Wildman–Crippen LogP) is 3.87. The summed E-state index contributed by atoms with van der Waals surface area (Å²) in [6.45, 7) is 1.72. The van der Waals surface area contributed by atoms with Crippen molar-refractivity contribution in [1.29, 1.82) is 0 Å². The van der Waals surface area contributed by atoms with Crippen LogP contribution in [0.25, 0.3) is 0 Å². The van der Waals surface area contributed by atoms with E-state index >= 15 is 0 Å². The van der Waals surface area contributed by atoms with Gasteiger partial charge in [0.1, 0.15) is 5.75 Å². The molecule has 0 N–H and O–H groups in total. The van der Waals surface area contributed by atoms with Crippen molar-refractivity contribution in [3.63, 3.8) is 0 Å². The van der Waals surface area contributed by atoms with E-state index in [2.05, 4.69) is 0 Å². The number of anilines is 1. The highest BCUT2D eigenvalue weighted by Crippen LogP contribution is 2.56. The van der Waals surface area contributed by atoms with E-state index in [0.29, 0.717) is 28.8 Å². The van der Waals surface area contributed by atoms with Crippen LogP contribution in [-0.4, -0.2) is 23.7 Å². The molecule has 2 saturated carbocycles. The second-order valence-electron chi connectivity index (χ2n) is 8.38. The second kappa shape index (κ2) is 6.83. The van der Waals surface area contributed by atoms with Gasteiger partial charge in [-0.15, -0.1) is 0 Å². The number of rotatable bonds is 5. The molecule has 5 nitrogen and oxygen atoms in total. The molecule has 29 heavy (non-hydrogen) atoms. The molecule has 0 aromatic heterocycles. The Morgan fingerprint density at radius 2 is 1.52 bits per heavy atom. The zero-order chi connectivity index (χ0) is 20.1. The van der Waals surface area contributed by atoms with Crippen molar-refractivity contribution in [1.82, 2.24) is 0 Å². The monoisotopic (exact) mass is 389 g/mol. The number of hydrogen-bond donors (Lipinski definition) is 0. The summed E-state index contributed by atoms with van der Waals surface area (Å²) in [6, 6.07) is 15.9. The first-order chi connectivity index (χ1) is 14.0. The van der Waals surface area contributed by atoms with Gasteiger partial charge in [-0.1, -0.05) is 30.3 Å². The number of amides is 2. The summed E-state index contributed by atoms with van der Waals surface area (Å²) in [5.74, 6) is 0.842. The molecular formula is C24H23NO4. The smallest absolute Gasteiger partial charge is 0.237 e. The number of carbonyl (C=O) groups excluding carboxylic acids is 3. The molecular weight excluding hydrogens is 366 g/mol. The molecule has 0 unspecified atom stereocenters. The molecule has 2 aliphatic carbocycles. The maximum absolute atomic E-state index is 12.9. The first kappa shape index (κ1) is 18.1. The molecule has 0 radical (unpaired) electrons. The topological polar surface area (TPSA) is 63.7 Å². The summed E-state index contributed by atoms with van der Waals surface area (Å²) in [6.07, 6.45) is 2.53. The summed E-state index contributed by atoms with van der Waals surface area (Å²) < 4.78 is 5.78. The van der Waals surface area contributed by atoms with Crippen molar-refractivity contribution in [3.05, 3.63) is 60.2 Å². The van der Waals surface area contributed by atoms with Gasteiger partial charge in [-0.3, -0.25) is 19.3 Å². The predicted molar refractivity (Wildman–Crippen MR) is 108 cm³/mol. The van der Waals surface area contributed by atoms with Crippen molar-refractivity contribution >= 4 is 23.3 Å². The lowest BCUT2D eigenvalue weighted by Crippen LogP contribution is -2.32. The molecule has 5 rings (SSSR count). The first-order valence-electron chi connectivity index (χ1n) is 10.3. The van der Waals surface area contributed by atoms with E-state index in [1.807, 2.05) is 18.2 Å². The Hall–Kier alpha value is -2.95. The number of ketones is 1. The Morgan fingerprint density at radius 3 is 2.10 bits per heavy atom. The zero-order valence-corrected chi connectivity index (χ0v) is 16.3. The van der Waals surface area contributed by atoms with E-state index < -0.39 is 6.10 Å². The summed E-state index contributed by atoms with van der Waals surface area (Å²) in [4.78, 5) is 39.7. The number of ether oxygens (including phenoxy) is 1. The van der Waals surface area contributed by atoms with Crippen molar-refractivity contribution < 1.29 is 19.1 Å². The highest BCUT2D eigenvalue weighted by molar-refractivity contribution is 6.22. The van der Waals surface area contributed by atoms with Crippen LogP contribution < -0.4 is 9.64 Å². The SMILES string of the molecule is C[C@H](Oc1ccc(N2C(=O)[C@@H]3[C@H]4CC[C@@H](C4)[C@H]3C2=O)cc1)C(=O)c1ccccc1. The molecule has 5 heteroatoms. The van der Waals surface area contributed by atoms with Crippen LogP contribution >= 0.6 is 0 Å². The first-order valence-corrected chi connectivity index (χ1v) is 10.3. The number of imide groups is 1. The summed E-state index contributed by atoms with van der Waals surface area (Å²) in [5.41, 5.74) is 1.19. The van der Waals surface area contributed by atoms with E-state index in [1.54, 1.807) is 43.3 Å². The van der Waals surface area contributed by atoms with Crippen LogP contribution in [0.2, 0.25) is 0 Å². The third-order valence-corrected chi connectivity index (χ3v) is 6.76. The van der Waals surface area contributed by atoms with Gasteiger partial charge in [0.2, 0.25) is 17.6 Å². The number of nitrogens with zero attached hydrogens (tertiary/aromatic N) is 1. The van der Waals surface area contributed by atoms with E-state index in [9.17, 15) is 14.4 Å². The van der Waals surface area contributed by atoms with E-state index in [0.717, 1.165) is 19.3 Å². The van der Waals surface area contributed by atoms with Crippen LogP contribution in [0, 0.1) is 23.7 Å². The van der Waals surface area contributed by atoms with Crippen LogP contribution in [0.5, 0.6) is 5.75 Å². The molecule has 148 valence electrons. The molecule has 2 aromatic carbocycles. The highest BCUT2D eigenvalue weighted by Gasteiger charge is 2.61. The average Bonchev–Trinajstić information content (AvgIpc) is 3.43. The van der Waals surface area contributed by atoms with Crippen molar-refractivity contribution in [2.45, 2.75) is 32.3 Å². The largest absolute Gasteiger partial charge is 0.483 e. The van der Waals surface area contributed by atoms with Crippen LogP contribution in [-0.2, 0) is 9.59 Å². The van der Waals surface area contributed by atoms with Crippen LogP contribution in [0.3, 0.4) is 0 Å². The molecule has 3 fully saturated rings. The molecule has 1 saturated heterocycles. The third-order valence-electron chi connectivity index (χ3n) is 6.76. The number of fused-ring (bicyclic) bond motifs is 5. The van der Waals surface area contributed by atoms with Gasteiger partial charge in [-0.25, -0.2) is 0 Å². The van der Waals surface area contributed by atoms with E-state index in [1.165, 1.54) is 4.90 Å². The summed E-state index contributed by atoms with van der Waals surface area (Å²) in [7, 11) is 0. The minimum atomic E-state index is -0.631. The van der Waals surface area contributed by atoms with Gasteiger partial charge in [0.25, 0.3) is 0 Å². The Kier molecular flexibility index (Phi) is 4.26. The molecule has 0 spiro atoms. The molecule has 5 atom stereocenters. The second-order valence-corrected chi connectivity index (χ2v) is 8.38. The maximum atomic E-state index is 12.9. The minimum absolute atomic E-state index is 0.0477. The Labute approximate surface area is 169 Å². The fraction of sp³-hybridized carbons (Fsp3) is 0.375. The zero-order valence-electron chi connectivity index (χ0n) is 16.3. The van der Waals surface area contributed by atoms with Crippen LogP contribution in [0.1, 0.15) is 36.5 Å². The van der Waals surface area contributed by atoms with Gasteiger partial charge in [0.15, 0.2) is 6.10 Å². The maximum Gasteiger partial charge on any atom is 0.237 e. The van der Waals surface area contributed by atoms with Gasteiger partial charge in [-0.2, -0.15) is 0 Å². The number of carbonyl (C=O) groups is 3. The lowest BCUT2D eigenvalue weighted by atomic mass is 9.81.